The topological polar surface area (TPSA) is 87.0 Å². The van der Waals surface area contributed by atoms with Crippen LogP contribution in [0.15, 0.2) is 24.0 Å². The zero-order chi connectivity index (χ0) is 23.4. The predicted octanol–water partition coefficient (Wildman–Crippen LogP) is 3.89. The van der Waals surface area contributed by atoms with E-state index in [9.17, 15) is 32.6 Å². The number of fused-ring (bicyclic) bond motifs is 1. The quantitative estimate of drug-likeness (QED) is 0.193. The molecule has 1 saturated carbocycles. The number of allylic oxidation sites excluding steroid dienone is 2. The van der Waals surface area contributed by atoms with E-state index in [1.54, 1.807) is 6.92 Å². The van der Waals surface area contributed by atoms with Crippen molar-refractivity contribution in [3.05, 3.63) is 24.0 Å². The molecule has 0 spiro atoms. The standard InChI is InChI=1S/C22H32F4O5.Na.H/c1-3-4-11-21(2,22(24,25)26)17(28)10-9-13-14(27)12-16-19(13)20(23)15(31-16)7-5-6-8-18(29)30;;/h7,9-10,13-14,16-17,19-20,27-28H,3-6,8,11-12H2,1-2H3,(H,29,30);;/b10-9+,15-7-;;/t13-,14+,16-,17+,19+,20?,21?;;/m0../s1. The number of unbranched alkanes of at least 4 members (excludes halogenated alkanes) is 2. The number of hydrogen-bond donors (Lipinski definition) is 3. The third-order valence-electron chi connectivity index (χ3n) is 6.49. The number of carbonyl (C=O) groups is 1. The van der Waals surface area contributed by atoms with Crippen LogP contribution in [0.1, 0.15) is 58.8 Å². The fourth-order valence-corrected chi connectivity index (χ4v) is 4.36. The number of rotatable bonds is 10. The van der Waals surface area contributed by atoms with Crippen molar-refractivity contribution in [2.75, 3.05) is 0 Å². The fourth-order valence-electron chi connectivity index (χ4n) is 4.36. The van der Waals surface area contributed by atoms with Gasteiger partial charge in [0.05, 0.1) is 17.6 Å². The molecule has 0 aromatic carbocycles. The van der Waals surface area contributed by atoms with Gasteiger partial charge in [-0.2, -0.15) is 13.2 Å². The maximum absolute atomic E-state index is 15.0. The van der Waals surface area contributed by atoms with Crippen LogP contribution in [0.5, 0.6) is 0 Å². The van der Waals surface area contributed by atoms with Gasteiger partial charge < -0.3 is 20.1 Å². The average Bonchev–Trinajstić information content (AvgIpc) is 3.14. The Kier molecular flexibility index (Phi) is 11.2. The summed E-state index contributed by atoms with van der Waals surface area (Å²) in [7, 11) is 0. The van der Waals surface area contributed by atoms with Gasteiger partial charge in [-0.3, -0.25) is 4.79 Å². The predicted molar refractivity (Wildman–Crippen MR) is 113 cm³/mol. The molecule has 3 N–H and O–H groups in total. The molecule has 180 valence electrons. The summed E-state index contributed by atoms with van der Waals surface area (Å²) in [5, 5.41) is 29.3. The molecule has 7 atom stereocenters. The Morgan fingerprint density at radius 2 is 1.97 bits per heavy atom. The second-order valence-corrected chi connectivity index (χ2v) is 8.76. The second kappa shape index (κ2) is 12.2. The van der Waals surface area contributed by atoms with Crippen LogP contribution in [0.2, 0.25) is 0 Å². The number of ether oxygens (including phenoxy) is 1. The van der Waals surface area contributed by atoms with Crippen molar-refractivity contribution in [2.24, 2.45) is 17.3 Å². The van der Waals surface area contributed by atoms with Gasteiger partial charge in [0.25, 0.3) is 0 Å². The van der Waals surface area contributed by atoms with Gasteiger partial charge in [-0.1, -0.05) is 31.9 Å². The molecule has 0 bridgehead atoms. The molecule has 1 saturated heterocycles. The Balaban J connectivity index is 0.00000512. The molecule has 1 aliphatic heterocycles. The zero-order valence-corrected chi connectivity index (χ0v) is 17.8. The Bertz CT molecular complexity index is 684. The van der Waals surface area contributed by atoms with Crippen molar-refractivity contribution >= 4 is 35.5 Å². The van der Waals surface area contributed by atoms with Gasteiger partial charge in [-0.25, -0.2) is 4.39 Å². The van der Waals surface area contributed by atoms with Crippen LogP contribution in [-0.2, 0) is 9.53 Å². The summed E-state index contributed by atoms with van der Waals surface area (Å²) < 4.78 is 61.4. The first-order valence-electron chi connectivity index (χ1n) is 10.8. The fraction of sp³-hybridized carbons (Fsp3) is 0.773. The minimum absolute atomic E-state index is 0. The first kappa shape index (κ1) is 29.4. The molecule has 5 nitrogen and oxygen atoms in total. The van der Waals surface area contributed by atoms with Crippen molar-refractivity contribution in [1.29, 1.82) is 0 Å². The van der Waals surface area contributed by atoms with Crippen molar-refractivity contribution < 1.29 is 42.4 Å². The summed E-state index contributed by atoms with van der Waals surface area (Å²) in [6.07, 6.45) is -4.42. The van der Waals surface area contributed by atoms with E-state index in [0.29, 0.717) is 25.7 Å². The number of aliphatic hydroxyl groups is 2. The molecular weight excluding hydrogens is 443 g/mol. The van der Waals surface area contributed by atoms with Gasteiger partial charge in [0, 0.05) is 24.7 Å². The number of aliphatic hydroxyl groups excluding tert-OH is 2. The van der Waals surface area contributed by atoms with E-state index in [4.69, 9.17) is 9.84 Å². The summed E-state index contributed by atoms with van der Waals surface area (Å²) >= 11 is 0. The summed E-state index contributed by atoms with van der Waals surface area (Å²) in [4.78, 5) is 10.6. The molecule has 2 unspecified atom stereocenters. The monoisotopic (exact) mass is 476 g/mol. The summed E-state index contributed by atoms with van der Waals surface area (Å²) in [6, 6.07) is 0. The van der Waals surface area contributed by atoms with Crippen LogP contribution in [0.4, 0.5) is 17.6 Å². The molecule has 0 radical (unpaired) electrons. The van der Waals surface area contributed by atoms with Gasteiger partial charge in [-0.15, -0.1) is 0 Å². The molecule has 32 heavy (non-hydrogen) atoms. The molecule has 1 aliphatic carbocycles. The first-order valence-corrected chi connectivity index (χ1v) is 10.8. The van der Waals surface area contributed by atoms with Crippen molar-refractivity contribution in [1.82, 2.24) is 0 Å². The molecule has 0 aromatic heterocycles. The first-order chi connectivity index (χ1) is 14.4. The molecule has 2 fully saturated rings. The summed E-state index contributed by atoms with van der Waals surface area (Å²) in [5.74, 6) is -2.43. The van der Waals surface area contributed by atoms with E-state index in [2.05, 4.69) is 0 Å². The number of carboxylic acid groups (broad SMARTS) is 1. The van der Waals surface area contributed by atoms with Crippen LogP contribution in [0.25, 0.3) is 0 Å². The molecule has 0 aromatic rings. The van der Waals surface area contributed by atoms with Gasteiger partial charge in [0.2, 0.25) is 0 Å². The van der Waals surface area contributed by atoms with Crippen LogP contribution in [0.3, 0.4) is 0 Å². The molecule has 2 aliphatic rings. The third-order valence-corrected chi connectivity index (χ3v) is 6.49. The van der Waals surface area contributed by atoms with E-state index in [1.165, 1.54) is 12.2 Å². The van der Waals surface area contributed by atoms with Gasteiger partial charge in [0.15, 0.2) is 6.17 Å². The Hall–Kier alpha value is -0.610. The summed E-state index contributed by atoms with van der Waals surface area (Å²) in [5.41, 5.74) is -2.33. The minimum atomic E-state index is -4.62. The van der Waals surface area contributed by atoms with Crippen LogP contribution >= 0.6 is 0 Å². The van der Waals surface area contributed by atoms with Gasteiger partial charge in [0.1, 0.15) is 11.9 Å². The van der Waals surface area contributed by atoms with E-state index >= 15 is 0 Å². The number of hydrogen-bond acceptors (Lipinski definition) is 4. The number of alkyl halides is 4. The summed E-state index contributed by atoms with van der Waals surface area (Å²) in [6.45, 7) is 2.74. The van der Waals surface area contributed by atoms with Gasteiger partial charge in [-0.05, 0) is 32.3 Å². The SMILES string of the molecule is CCCCC(C)([C@H](O)/C=C/[C@@H]1[C@H]2C(F)/C(=C/CCCC(=O)O)O[C@H]2C[C@H]1O)C(F)(F)F.[NaH]. The second-order valence-electron chi connectivity index (χ2n) is 8.76. The molecular formula is C22H33F4NaO5. The molecule has 2 rings (SSSR count). The Labute approximate surface area is 208 Å². The molecule has 10 heteroatoms. The molecule has 0 amide bonds. The van der Waals surface area contributed by atoms with Crippen molar-refractivity contribution in [3.8, 4) is 0 Å². The number of aliphatic carboxylic acids is 1. The van der Waals surface area contributed by atoms with Crippen molar-refractivity contribution in [2.45, 2.75) is 89.5 Å². The van der Waals surface area contributed by atoms with E-state index in [-0.39, 0.29) is 54.6 Å². The maximum atomic E-state index is 15.0. The third kappa shape index (κ3) is 6.72. The number of halogens is 4. The van der Waals surface area contributed by atoms with Crippen LogP contribution in [-0.4, -0.2) is 81.5 Å². The molecule has 1 heterocycles. The van der Waals surface area contributed by atoms with Crippen LogP contribution < -0.4 is 0 Å². The van der Waals surface area contributed by atoms with Crippen LogP contribution in [0, 0.1) is 17.3 Å². The van der Waals surface area contributed by atoms with Crippen molar-refractivity contribution in [3.63, 3.8) is 0 Å². The zero-order valence-electron chi connectivity index (χ0n) is 17.8. The van der Waals surface area contributed by atoms with E-state index < -0.39 is 53.9 Å². The normalized spacial score (nSPS) is 31.8. The average molecular weight is 476 g/mol. The Morgan fingerprint density at radius 3 is 2.53 bits per heavy atom. The Morgan fingerprint density at radius 1 is 1.31 bits per heavy atom. The van der Waals surface area contributed by atoms with E-state index in [0.717, 1.165) is 13.0 Å². The van der Waals surface area contributed by atoms with Gasteiger partial charge >= 0.3 is 41.7 Å². The number of carboxylic acids is 1. The van der Waals surface area contributed by atoms with E-state index in [1.807, 2.05) is 0 Å².